The molecule has 0 radical (unpaired) electrons. The van der Waals surface area contributed by atoms with Gasteiger partial charge in [0.25, 0.3) is 5.91 Å². The fraction of sp³-hybridized carbons (Fsp3) is 0.467. The molecule has 2 aromatic carbocycles. The maximum atomic E-state index is 13.5. The number of aldehydes is 1. The van der Waals surface area contributed by atoms with Crippen LogP contribution in [0.3, 0.4) is 0 Å². The van der Waals surface area contributed by atoms with E-state index in [4.69, 9.17) is 10.1 Å². The van der Waals surface area contributed by atoms with Gasteiger partial charge < -0.3 is 15.3 Å². The van der Waals surface area contributed by atoms with Crippen LogP contribution in [-0.4, -0.2) is 59.7 Å². The highest BCUT2D eigenvalue weighted by Crippen LogP contribution is 2.43. The zero-order valence-corrected chi connectivity index (χ0v) is 22.8. The molecule has 0 unspecified atom stereocenters. The maximum Gasteiger partial charge on any atom is 0.416 e. The van der Waals surface area contributed by atoms with Crippen LogP contribution in [-0.2, 0) is 22.2 Å². The lowest BCUT2D eigenvalue weighted by Gasteiger charge is -2.41. The van der Waals surface area contributed by atoms with E-state index in [2.05, 4.69) is 12.2 Å². The monoisotopic (exact) mass is 559 g/mol. The minimum absolute atomic E-state index is 0.118. The highest BCUT2D eigenvalue weighted by Gasteiger charge is 2.48. The van der Waals surface area contributed by atoms with Gasteiger partial charge in [-0.25, -0.2) is 0 Å². The predicted molar refractivity (Wildman–Crippen MR) is 146 cm³/mol. The Morgan fingerprint density at radius 2 is 1.85 bits per heavy atom. The van der Waals surface area contributed by atoms with Crippen molar-refractivity contribution in [1.82, 2.24) is 10.2 Å². The summed E-state index contributed by atoms with van der Waals surface area (Å²) in [6, 6.07) is 12.1. The van der Waals surface area contributed by atoms with Gasteiger partial charge in [0.05, 0.1) is 12.0 Å². The molecule has 4 rings (SSSR count). The summed E-state index contributed by atoms with van der Waals surface area (Å²) in [5.74, 6) is -0.487. The smallest absolute Gasteiger partial charge is 0.416 e. The van der Waals surface area contributed by atoms with Crippen LogP contribution in [0.15, 0.2) is 53.5 Å². The van der Waals surface area contributed by atoms with E-state index < -0.39 is 23.4 Å². The Balaban J connectivity index is 0.000000559. The number of aliphatic imine (C=N–C) groups is 1. The average Bonchev–Trinajstić information content (AvgIpc) is 3.21. The Morgan fingerprint density at radius 1 is 1.18 bits per heavy atom. The van der Waals surface area contributed by atoms with E-state index in [1.807, 2.05) is 12.1 Å². The summed E-state index contributed by atoms with van der Waals surface area (Å²) in [5.41, 5.74) is 0.415. The van der Waals surface area contributed by atoms with Crippen LogP contribution < -0.4 is 5.32 Å². The number of aliphatic carboxylic acids is 1. The summed E-state index contributed by atoms with van der Waals surface area (Å²) >= 11 is 0. The van der Waals surface area contributed by atoms with Crippen LogP contribution in [0.1, 0.15) is 72.5 Å². The summed E-state index contributed by atoms with van der Waals surface area (Å²) < 4.78 is 39.8. The molecule has 0 atom stereocenters. The molecule has 1 aliphatic carbocycles. The van der Waals surface area contributed by atoms with Crippen molar-refractivity contribution in [2.24, 2.45) is 10.9 Å². The van der Waals surface area contributed by atoms with Crippen molar-refractivity contribution < 1.29 is 32.7 Å². The first-order chi connectivity index (χ1) is 19.0. The number of nitrogens with one attached hydrogen (secondary N) is 1. The molecule has 1 aliphatic heterocycles. The van der Waals surface area contributed by atoms with Crippen LogP contribution in [0.2, 0.25) is 0 Å². The molecule has 216 valence electrons. The third-order valence-electron chi connectivity index (χ3n) is 7.55. The summed E-state index contributed by atoms with van der Waals surface area (Å²) in [4.78, 5) is 40.7. The highest BCUT2D eigenvalue weighted by molar-refractivity contribution is 6.46. The standard InChI is InChI=1S/C26H27F3N2O2.C4H9NO2/c1-2-18-10-13-25(14-11-18)30-23(21-4-3-5-22(16-21)26(27,28)29)24(33)31(25)15-12-19-6-8-20(17-32)9-7-19;1-5-3-2-4(6)7/h3-9,16-18H,2,10-15H2,1H3;5H,2-3H2,1H3,(H,6,7). The Labute approximate surface area is 232 Å². The predicted octanol–water partition coefficient (Wildman–Crippen LogP) is 5.37. The molecule has 10 heteroatoms. The van der Waals surface area contributed by atoms with Crippen molar-refractivity contribution in [3.05, 3.63) is 70.8 Å². The Bertz CT molecular complexity index is 1200. The molecule has 1 saturated carbocycles. The van der Waals surface area contributed by atoms with Gasteiger partial charge in [-0.1, -0.05) is 49.7 Å². The molecule has 0 bridgehead atoms. The number of alkyl halides is 3. The normalized spacial score (nSPS) is 20.6. The van der Waals surface area contributed by atoms with Gasteiger partial charge in [0.15, 0.2) is 0 Å². The van der Waals surface area contributed by atoms with Crippen LogP contribution in [0.25, 0.3) is 0 Å². The second-order valence-electron chi connectivity index (χ2n) is 10.2. The van der Waals surface area contributed by atoms with Gasteiger partial charge in [-0.3, -0.25) is 19.4 Å². The van der Waals surface area contributed by atoms with Crippen molar-refractivity contribution >= 4 is 23.9 Å². The van der Waals surface area contributed by atoms with Gasteiger partial charge in [0, 0.05) is 24.2 Å². The molecule has 2 aromatic rings. The summed E-state index contributed by atoms with van der Waals surface area (Å²) in [6.45, 7) is 3.12. The quantitative estimate of drug-likeness (QED) is 0.403. The van der Waals surface area contributed by atoms with E-state index in [-0.39, 0.29) is 23.6 Å². The molecule has 40 heavy (non-hydrogen) atoms. The molecular weight excluding hydrogens is 523 g/mol. The molecule has 0 aromatic heterocycles. The van der Waals surface area contributed by atoms with Gasteiger partial charge in [0.1, 0.15) is 17.7 Å². The average molecular weight is 560 g/mol. The van der Waals surface area contributed by atoms with E-state index in [9.17, 15) is 27.6 Å². The number of carboxylic acid groups (broad SMARTS) is 1. The highest BCUT2D eigenvalue weighted by atomic mass is 19.4. The number of benzene rings is 2. The van der Waals surface area contributed by atoms with E-state index in [0.717, 1.165) is 43.2 Å². The van der Waals surface area contributed by atoms with E-state index in [1.165, 1.54) is 12.1 Å². The molecule has 1 fully saturated rings. The number of carbonyl (C=O) groups excluding carboxylic acids is 2. The molecule has 0 saturated heterocycles. The van der Waals surface area contributed by atoms with E-state index in [1.54, 1.807) is 24.1 Å². The van der Waals surface area contributed by atoms with E-state index >= 15 is 0 Å². The van der Waals surface area contributed by atoms with Crippen molar-refractivity contribution in [1.29, 1.82) is 0 Å². The molecule has 1 amide bonds. The first-order valence-corrected chi connectivity index (χ1v) is 13.5. The zero-order chi connectivity index (χ0) is 29.3. The number of nitrogens with zero attached hydrogens (tertiary/aromatic N) is 2. The van der Waals surface area contributed by atoms with Gasteiger partial charge >= 0.3 is 12.1 Å². The van der Waals surface area contributed by atoms with Crippen molar-refractivity contribution in [3.8, 4) is 0 Å². The maximum absolute atomic E-state index is 13.5. The first-order valence-electron chi connectivity index (χ1n) is 13.5. The zero-order valence-electron chi connectivity index (χ0n) is 22.8. The topological polar surface area (TPSA) is 99.1 Å². The largest absolute Gasteiger partial charge is 0.481 e. The third-order valence-corrected chi connectivity index (χ3v) is 7.55. The minimum atomic E-state index is -4.48. The lowest BCUT2D eigenvalue weighted by Crippen LogP contribution is -2.49. The van der Waals surface area contributed by atoms with Gasteiger partial charge in [-0.05, 0) is 62.8 Å². The molecule has 2 N–H and O–H groups in total. The fourth-order valence-corrected chi connectivity index (χ4v) is 5.14. The van der Waals surface area contributed by atoms with Crippen molar-refractivity contribution in [3.63, 3.8) is 0 Å². The van der Waals surface area contributed by atoms with Crippen LogP contribution in [0.5, 0.6) is 0 Å². The lowest BCUT2D eigenvalue weighted by atomic mass is 9.80. The summed E-state index contributed by atoms with van der Waals surface area (Å²) in [6.07, 6.45) is 1.45. The second kappa shape index (κ2) is 13.7. The van der Waals surface area contributed by atoms with Crippen LogP contribution in [0, 0.1) is 5.92 Å². The number of carboxylic acids is 1. The number of hydrogen-bond acceptors (Lipinski definition) is 5. The molecule has 1 spiro atoms. The molecule has 2 aliphatic rings. The third kappa shape index (κ3) is 7.78. The number of rotatable bonds is 9. The van der Waals surface area contributed by atoms with Gasteiger partial charge in [-0.2, -0.15) is 13.2 Å². The Morgan fingerprint density at radius 3 is 2.38 bits per heavy atom. The van der Waals surface area contributed by atoms with Gasteiger partial charge in [0.2, 0.25) is 0 Å². The Hall–Kier alpha value is -3.53. The van der Waals surface area contributed by atoms with Crippen LogP contribution >= 0.6 is 0 Å². The SMILES string of the molecule is CCC1CCC2(CC1)N=C(c1cccc(C(F)(F)F)c1)C(=O)N2CCc1ccc(C=O)cc1.CNCCC(=O)O. The van der Waals surface area contributed by atoms with Crippen LogP contribution in [0.4, 0.5) is 13.2 Å². The summed E-state index contributed by atoms with van der Waals surface area (Å²) in [7, 11) is 1.73. The van der Waals surface area contributed by atoms with Gasteiger partial charge in [-0.15, -0.1) is 0 Å². The number of halogens is 3. The number of hydrogen-bond donors (Lipinski definition) is 2. The molecular formula is C30H36F3N3O4. The van der Waals surface area contributed by atoms with Crippen molar-refractivity contribution in [2.75, 3.05) is 20.1 Å². The number of carbonyl (C=O) groups is 3. The second-order valence-corrected chi connectivity index (χ2v) is 10.2. The Kier molecular flexibility index (Phi) is 10.6. The van der Waals surface area contributed by atoms with E-state index in [0.29, 0.717) is 43.8 Å². The number of amides is 1. The summed E-state index contributed by atoms with van der Waals surface area (Å²) in [5, 5.41) is 10.7. The lowest BCUT2D eigenvalue weighted by molar-refractivity contribution is -0.138. The minimum Gasteiger partial charge on any atom is -0.481 e. The molecule has 7 nitrogen and oxygen atoms in total. The first kappa shape index (κ1) is 31.0. The fourth-order valence-electron chi connectivity index (χ4n) is 5.14. The molecule has 1 heterocycles. The van der Waals surface area contributed by atoms with Crippen molar-refractivity contribution in [2.45, 2.75) is 63.7 Å².